The number of nitrogens with one attached hydrogen (secondary N) is 2. The number of rotatable bonds is 9. The molecule has 0 spiro atoms. The standard InChI is InChI=1S/C18H28FN3O2.HI/c1-2-20-18(22-14-17-6-5-13-24-17)21-11-3-4-12-23-16-9-7-15(19)8-10-16;/h7-10,17H,2-6,11-14H2,1H3,(H2,20,21,22);1H. The highest BCUT2D eigenvalue weighted by molar-refractivity contribution is 14.0. The molecule has 1 atom stereocenters. The Kier molecular flexibility index (Phi) is 11.6. The third-order valence-corrected chi connectivity index (χ3v) is 3.77. The van der Waals surface area contributed by atoms with Crippen molar-refractivity contribution in [3.63, 3.8) is 0 Å². The van der Waals surface area contributed by atoms with Crippen LogP contribution in [0.4, 0.5) is 4.39 Å². The van der Waals surface area contributed by atoms with Gasteiger partial charge >= 0.3 is 0 Å². The van der Waals surface area contributed by atoms with Gasteiger partial charge in [-0.1, -0.05) is 0 Å². The molecular formula is C18H29FIN3O2. The van der Waals surface area contributed by atoms with Gasteiger partial charge in [0.05, 0.1) is 19.3 Å². The van der Waals surface area contributed by atoms with Crippen molar-refractivity contribution in [1.82, 2.24) is 10.6 Å². The van der Waals surface area contributed by atoms with E-state index in [-0.39, 0.29) is 35.9 Å². The van der Waals surface area contributed by atoms with Crippen molar-refractivity contribution in [3.05, 3.63) is 30.1 Å². The molecule has 0 radical (unpaired) electrons. The van der Waals surface area contributed by atoms with E-state index in [1.165, 1.54) is 12.1 Å². The SMILES string of the molecule is CCNC(=NCC1CCCO1)NCCCCOc1ccc(F)cc1.I. The summed E-state index contributed by atoms with van der Waals surface area (Å²) in [4.78, 5) is 4.57. The lowest BCUT2D eigenvalue weighted by atomic mass is 10.2. The number of unbranched alkanes of at least 4 members (excludes halogenated alkanes) is 1. The van der Waals surface area contributed by atoms with Gasteiger partial charge in [-0.3, -0.25) is 4.99 Å². The Morgan fingerprint density at radius 1 is 1.28 bits per heavy atom. The summed E-state index contributed by atoms with van der Waals surface area (Å²) in [6.07, 6.45) is 4.41. The maximum Gasteiger partial charge on any atom is 0.191 e. The predicted octanol–water partition coefficient (Wildman–Crippen LogP) is 3.34. The van der Waals surface area contributed by atoms with Crippen LogP contribution in [0.3, 0.4) is 0 Å². The quantitative estimate of drug-likeness (QED) is 0.254. The minimum absolute atomic E-state index is 0. The largest absolute Gasteiger partial charge is 0.494 e. The number of guanidine groups is 1. The molecule has 25 heavy (non-hydrogen) atoms. The van der Waals surface area contributed by atoms with Crippen LogP contribution in [0.2, 0.25) is 0 Å². The van der Waals surface area contributed by atoms with Crippen molar-refractivity contribution in [3.8, 4) is 5.75 Å². The van der Waals surface area contributed by atoms with Gasteiger partial charge in [0.15, 0.2) is 5.96 Å². The number of aliphatic imine (C=N–C) groups is 1. The zero-order valence-corrected chi connectivity index (χ0v) is 17.1. The first-order valence-corrected chi connectivity index (χ1v) is 8.80. The molecule has 142 valence electrons. The van der Waals surface area contributed by atoms with Gasteiger partial charge in [-0.25, -0.2) is 4.39 Å². The second-order valence-electron chi connectivity index (χ2n) is 5.79. The topological polar surface area (TPSA) is 54.9 Å². The molecule has 0 saturated carbocycles. The monoisotopic (exact) mass is 465 g/mol. The molecule has 1 heterocycles. The molecule has 1 aliphatic rings. The molecule has 1 fully saturated rings. The van der Waals surface area contributed by atoms with Crippen LogP contribution >= 0.6 is 24.0 Å². The second kappa shape index (κ2) is 13.2. The van der Waals surface area contributed by atoms with Crippen molar-refractivity contribution < 1.29 is 13.9 Å². The van der Waals surface area contributed by atoms with E-state index in [0.717, 1.165) is 51.3 Å². The van der Waals surface area contributed by atoms with Crippen LogP contribution in [0.1, 0.15) is 32.6 Å². The number of nitrogens with zero attached hydrogens (tertiary/aromatic N) is 1. The highest BCUT2D eigenvalue weighted by atomic mass is 127. The van der Waals surface area contributed by atoms with Gasteiger partial charge in [-0.05, 0) is 56.9 Å². The van der Waals surface area contributed by atoms with Gasteiger partial charge < -0.3 is 20.1 Å². The van der Waals surface area contributed by atoms with Gasteiger partial charge in [0, 0.05) is 19.7 Å². The fraction of sp³-hybridized carbons (Fsp3) is 0.611. The number of benzene rings is 1. The average Bonchev–Trinajstić information content (AvgIpc) is 3.11. The molecule has 0 aliphatic carbocycles. The predicted molar refractivity (Wildman–Crippen MR) is 109 cm³/mol. The highest BCUT2D eigenvalue weighted by Gasteiger charge is 2.14. The fourth-order valence-corrected chi connectivity index (χ4v) is 2.48. The van der Waals surface area contributed by atoms with Crippen LogP contribution in [0.5, 0.6) is 5.75 Å². The van der Waals surface area contributed by atoms with E-state index in [1.807, 2.05) is 0 Å². The van der Waals surface area contributed by atoms with E-state index in [1.54, 1.807) is 12.1 Å². The normalized spacial score (nSPS) is 17.0. The molecule has 1 aliphatic heterocycles. The molecule has 2 rings (SSSR count). The van der Waals surface area contributed by atoms with Crippen molar-refractivity contribution in [2.75, 3.05) is 32.8 Å². The van der Waals surface area contributed by atoms with Crippen molar-refractivity contribution >= 4 is 29.9 Å². The van der Waals surface area contributed by atoms with Crippen LogP contribution < -0.4 is 15.4 Å². The molecule has 1 aromatic rings. The maximum atomic E-state index is 12.8. The highest BCUT2D eigenvalue weighted by Crippen LogP contribution is 2.12. The van der Waals surface area contributed by atoms with Gasteiger partial charge in [0.25, 0.3) is 0 Å². The van der Waals surface area contributed by atoms with Crippen LogP contribution in [-0.4, -0.2) is 44.9 Å². The Balaban J connectivity index is 0.00000312. The fourth-order valence-electron chi connectivity index (χ4n) is 2.48. The van der Waals surface area contributed by atoms with Crippen LogP contribution in [0.25, 0.3) is 0 Å². The third-order valence-electron chi connectivity index (χ3n) is 3.77. The van der Waals surface area contributed by atoms with E-state index in [0.29, 0.717) is 18.9 Å². The van der Waals surface area contributed by atoms with Gasteiger partial charge in [-0.15, -0.1) is 24.0 Å². The Hall–Kier alpha value is -1.09. The van der Waals surface area contributed by atoms with Crippen LogP contribution in [0, 0.1) is 5.82 Å². The summed E-state index contributed by atoms with van der Waals surface area (Å²) in [5.74, 6) is 1.30. The van der Waals surface area contributed by atoms with Crippen molar-refractivity contribution in [2.45, 2.75) is 38.7 Å². The lowest BCUT2D eigenvalue weighted by Gasteiger charge is -2.13. The van der Waals surface area contributed by atoms with Gasteiger partial charge in [-0.2, -0.15) is 0 Å². The average molecular weight is 465 g/mol. The number of ether oxygens (including phenoxy) is 2. The molecule has 1 aromatic carbocycles. The molecular weight excluding hydrogens is 436 g/mol. The molecule has 1 unspecified atom stereocenters. The molecule has 1 saturated heterocycles. The summed E-state index contributed by atoms with van der Waals surface area (Å²) in [5, 5.41) is 6.57. The van der Waals surface area contributed by atoms with E-state index in [2.05, 4.69) is 22.5 Å². The first-order chi connectivity index (χ1) is 11.8. The Morgan fingerprint density at radius 3 is 2.76 bits per heavy atom. The lowest BCUT2D eigenvalue weighted by Crippen LogP contribution is -2.38. The Morgan fingerprint density at radius 2 is 2.08 bits per heavy atom. The Bertz CT molecular complexity index is 494. The number of hydrogen-bond acceptors (Lipinski definition) is 3. The number of halogens is 2. The van der Waals surface area contributed by atoms with Gasteiger partial charge in [0.2, 0.25) is 0 Å². The van der Waals surface area contributed by atoms with Gasteiger partial charge in [0.1, 0.15) is 11.6 Å². The van der Waals surface area contributed by atoms with Crippen LogP contribution in [-0.2, 0) is 4.74 Å². The molecule has 0 bridgehead atoms. The zero-order valence-electron chi connectivity index (χ0n) is 14.8. The van der Waals surface area contributed by atoms with E-state index in [9.17, 15) is 4.39 Å². The molecule has 2 N–H and O–H groups in total. The third kappa shape index (κ3) is 9.25. The van der Waals surface area contributed by atoms with E-state index < -0.39 is 0 Å². The minimum atomic E-state index is -0.246. The summed E-state index contributed by atoms with van der Waals surface area (Å²) in [7, 11) is 0. The second-order valence-corrected chi connectivity index (χ2v) is 5.79. The lowest BCUT2D eigenvalue weighted by molar-refractivity contribution is 0.117. The van der Waals surface area contributed by atoms with Crippen molar-refractivity contribution in [2.24, 2.45) is 4.99 Å². The minimum Gasteiger partial charge on any atom is -0.494 e. The van der Waals surface area contributed by atoms with E-state index >= 15 is 0 Å². The summed E-state index contributed by atoms with van der Waals surface area (Å²) < 4.78 is 23.9. The summed E-state index contributed by atoms with van der Waals surface area (Å²) in [6.45, 7) is 5.92. The van der Waals surface area contributed by atoms with Crippen LogP contribution in [0.15, 0.2) is 29.3 Å². The molecule has 7 heteroatoms. The summed E-state index contributed by atoms with van der Waals surface area (Å²) >= 11 is 0. The summed E-state index contributed by atoms with van der Waals surface area (Å²) in [5.41, 5.74) is 0. The summed E-state index contributed by atoms with van der Waals surface area (Å²) in [6, 6.07) is 6.11. The molecule has 0 aromatic heterocycles. The first-order valence-electron chi connectivity index (χ1n) is 8.80. The zero-order chi connectivity index (χ0) is 17.0. The Labute approximate surface area is 166 Å². The maximum absolute atomic E-state index is 12.8. The molecule has 0 amide bonds. The molecule has 5 nitrogen and oxygen atoms in total. The smallest absolute Gasteiger partial charge is 0.191 e. The van der Waals surface area contributed by atoms with E-state index in [4.69, 9.17) is 9.47 Å². The first kappa shape index (κ1) is 22.0. The van der Waals surface area contributed by atoms with Crippen molar-refractivity contribution in [1.29, 1.82) is 0 Å². The number of hydrogen-bond donors (Lipinski definition) is 2.